The van der Waals surface area contributed by atoms with Crippen LogP contribution in [0.25, 0.3) is 21.7 Å². The molecule has 0 aliphatic rings. The van der Waals surface area contributed by atoms with E-state index in [1.165, 1.54) is 15.9 Å². The van der Waals surface area contributed by atoms with E-state index in [0.29, 0.717) is 31.8 Å². The van der Waals surface area contributed by atoms with Crippen LogP contribution in [0.2, 0.25) is 10.0 Å². The molecule has 4 rings (SSSR count). The lowest BCUT2D eigenvalue weighted by Crippen LogP contribution is -2.12. The smallest absolute Gasteiger partial charge is 0.408 e. The Kier molecular flexibility index (Phi) is 4.51. The molecule has 0 saturated carbocycles. The number of amides is 1. The summed E-state index contributed by atoms with van der Waals surface area (Å²) in [6, 6.07) is 10.2. The summed E-state index contributed by atoms with van der Waals surface area (Å²) in [4.78, 5) is 28.4. The second kappa shape index (κ2) is 6.84. The Bertz CT molecular complexity index is 1240. The van der Waals surface area contributed by atoms with E-state index < -0.39 is 5.76 Å². The zero-order chi connectivity index (χ0) is 19.1. The standard InChI is InChI=1S/C18H11Cl2N3O3S/c1-23-14-5-3-10(7-15(14)26-18(23)25)21-16(24)13-8-27-17(22-13)9-2-4-11(19)12(20)6-9/h2-8H,1H3,(H,21,24). The van der Waals surface area contributed by atoms with E-state index in [4.69, 9.17) is 27.6 Å². The fourth-order valence-electron chi connectivity index (χ4n) is 2.55. The van der Waals surface area contributed by atoms with E-state index in [1.54, 1.807) is 48.8 Å². The third-order valence-corrected chi connectivity index (χ3v) is 5.58. The molecule has 2 aromatic heterocycles. The molecule has 0 fully saturated rings. The van der Waals surface area contributed by atoms with Crippen molar-refractivity contribution in [1.82, 2.24) is 9.55 Å². The normalized spacial score (nSPS) is 11.1. The van der Waals surface area contributed by atoms with E-state index >= 15 is 0 Å². The van der Waals surface area contributed by atoms with Gasteiger partial charge in [0.05, 0.1) is 15.6 Å². The summed E-state index contributed by atoms with van der Waals surface area (Å²) in [5, 5.41) is 5.95. The van der Waals surface area contributed by atoms with Gasteiger partial charge in [0.1, 0.15) is 10.7 Å². The predicted octanol–water partition coefficient (Wildman–Crippen LogP) is 4.81. The van der Waals surface area contributed by atoms with Gasteiger partial charge in [-0.1, -0.05) is 29.3 Å². The molecule has 0 aliphatic heterocycles. The first-order chi connectivity index (χ1) is 12.9. The molecule has 1 N–H and O–H groups in total. The molecule has 0 unspecified atom stereocenters. The van der Waals surface area contributed by atoms with Crippen LogP contribution in [0.15, 0.2) is 51.0 Å². The molecule has 27 heavy (non-hydrogen) atoms. The van der Waals surface area contributed by atoms with Gasteiger partial charge in [-0.05, 0) is 24.3 Å². The van der Waals surface area contributed by atoms with Gasteiger partial charge < -0.3 is 9.73 Å². The van der Waals surface area contributed by atoms with Gasteiger partial charge in [0.15, 0.2) is 5.58 Å². The number of hydrogen-bond donors (Lipinski definition) is 1. The van der Waals surface area contributed by atoms with E-state index in [2.05, 4.69) is 10.3 Å². The van der Waals surface area contributed by atoms with E-state index in [-0.39, 0.29) is 11.6 Å². The summed E-state index contributed by atoms with van der Waals surface area (Å²) in [7, 11) is 1.62. The topological polar surface area (TPSA) is 77.1 Å². The average molecular weight is 420 g/mol. The summed E-state index contributed by atoms with van der Waals surface area (Å²) >= 11 is 13.3. The molecule has 6 nitrogen and oxygen atoms in total. The van der Waals surface area contributed by atoms with Crippen molar-refractivity contribution in [1.29, 1.82) is 0 Å². The van der Waals surface area contributed by atoms with Crippen LogP contribution >= 0.6 is 34.5 Å². The molecule has 2 heterocycles. The highest BCUT2D eigenvalue weighted by molar-refractivity contribution is 7.13. The van der Waals surface area contributed by atoms with Crippen LogP contribution in [0.3, 0.4) is 0 Å². The largest absolute Gasteiger partial charge is 0.419 e. The first-order valence-corrected chi connectivity index (χ1v) is 9.38. The number of carbonyl (C=O) groups is 1. The van der Waals surface area contributed by atoms with Crippen molar-refractivity contribution in [3.63, 3.8) is 0 Å². The Morgan fingerprint density at radius 1 is 1.19 bits per heavy atom. The van der Waals surface area contributed by atoms with Crippen molar-refractivity contribution < 1.29 is 9.21 Å². The number of nitrogens with zero attached hydrogens (tertiary/aromatic N) is 2. The molecular weight excluding hydrogens is 409 g/mol. The van der Waals surface area contributed by atoms with Gasteiger partial charge in [0.2, 0.25) is 0 Å². The molecule has 2 aromatic carbocycles. The highest BCUT2D eigenvalue weighted by atomic mass is 35.5. The fraction of sp³-hybridized carbons (Fsp3) is 0.0556. The summed E-state index contributed by atoms with van der Waals surface area (Å²) in [5.41, 5.74) is 2.60. The minimum Gasteiger partial charge on any atom is -0.408 e. The highest BCUT2D eigenvalue weighted by Gasteiger charge is 2.14. The van der Waals surface area contributed by atoms with Crippen LogP contribution in [0.1, 0.15) is 10.5 Å². The summed E-state index contributed by atoms with van der Waals surface area (Å²) in [5.74, 6) is -0.825. The third-order valence-electron chi connectivity index (χ3n) is 3.95. The van der Waals surface area contributed by atoms with Gasteiger partial charge in [-0.25, -0.2) is 9.78 Å². The molecule has 1 amide bonds. The zero-order valence-corrected chi connectivity index (χ0v) is 16.2. The number of aryl methyl sites for hydroxylation is 1. The molecule has 0 aliphatic carbocycles. The van der Waals surface area contributed by atoms with Crippen LogP contribution in [-0.4, -0.2) is 15.5 Å². The monoisotopic (exact) mass is 419 g/mol. The maximum absolute atomic E-state index is 12.5. The fourth-order valence-corrected chi connectivity index (χ4v) is 3.64. The number of anilines is 1. The number of thiazole rings is 1. The van der Waals surface area contributed by atoms with Crippen LogP contribution in [0, 0.1) is 0 Å². The van der Waals surface area contributed by atoms with Crippen molar-refractivity contribution in [2.24, 2.45) is 7.05 Å². The van der Waals surface area contributed by atoms with Crippen molar-refractivity contribution in [3.05, 3.63) is 68.1 Å². The second-order valence-corrected chi connectivity index (χ2v) is 7.40. The van der Waals surface area contributed by atoms with Crippen LogP contribution in [0.5, 0.6) is 0 Å². The number of halogens is 2. The molecule has 0 bridgehead atoms. The number of benzene rings is 2. The highest BCUT2D eigenvalue weighted by Crippen LogP contribution is 2.30. The number of hydrogen-bond acceptors (Lipinski definition) is 5. The van der Waals surface area contributed by atoms with Crippen molar-refractivity contribution in [2.45, 2.75) is 0 Å². The Balaban J connectivity index is 1.57. The van der Waals surface area contributed by atoms with E-state index in [0.717, 1.165) is 5.56 Å². The predicted molar refractivity (Wildman–Crippen MR) is 107 cm³/mol. The lowest BCUT2D eigenvalue weighted by Gasteiger charge is -2.03. The van der Waals surface area contributed by atoms with E-state index in [1.807, 2.05) is 0 Å². The average Bonchev–Trinajstić information content (AvgIpc) is 3.23. The number of nitrogens with one attached hydrogen (secondary N) is 1. The van der Waals surface area contributed by atoms with Gasteiger partial charge in [-0.15, -0.1) is 11.3 Å². The van der Waals surface area contributed by atoms with Gasteiger partial charge in [0, 0.05) is 29.7 Å². The third kappa shape index (κ3) is 3.37. The van der Waals surface area contributed by atoms with Gasteiger partial charge >= 0.3 is 5.76 Å². The molecule has 4 aromatic rings. The number of aromatic nitrogens is 2. The van der Waals surface area contributed by atoms with Gasteiger partial charge in [-0.2, -0.15) is 0 Å². The number of rotatable bonds is 3. The first kappa shape index (κ1) is 17.8. The molecule has 0 spiro atoms. The maximum Gasteiger partial charge on any atom is 0.419 e. The lowest BCUT2D eigenvalue weighted by atomic mass is 10.2. The Hall–Kier alpha value is -2.61. The zero-order valence-electron chi connectivity index (χ0n) is 13.8. The van der Waals surface area contributed by atoms with Crippen LogP contribution < -0.4 is 11.1 Å². The van der Waals surface area contributed by atoms with Crippen molar-refractivity contribution in [3.8, 4) is 10.6 Å². The molecular formula is C18H11Cl2N3O3S. The Morgan fingerprint density at radius 2 is 2.00 bits per heavy atom. The number of oxazole rings is 1. The minimum atomic E-state index is -0.459. The molecule has 0 atom stereocenters. The molecule has 0 saturated heterocycles. The molecule has 136 valence electrons. The van der Waals surface area contributed by atoms with Gasteiger partial charge in [0.25, 0.3) is 5.91 Å². The summed E-state index contributed by atoms with van der Waals surface area (Å²) in [6.07, 6.45) is 0. The molecule has 0 radical (unpaired) electrons. The van der Waals surface area contributed by atoms with E-state index in [9.17, 15) is 9.59 Å². The molecule has 9 heteroatoms. The first-order valence-electron chi connectivity index (χ1n) is 7.74. The minimum absolute atomic E-state index is 0.274. The Labute approximate surface area is 167 Å². The number of carbonyl (C=O) groups excluding carboxylic acids is 1. The summed E-state index contributed by atoms with van der Waals surface area (Å²) in [6.45, 7) is 0. The Morgan fingerprint density at radius 3 is 2.78 bits per heavy atom. The SMILES string of the molecule is Cn1c(=O)oc2cc(NC(=O)c3csc(-c4ccc(Cl)c(Cl)c4)n3)ccc21. The lowest BCUT2D eigenvalue weighted by molar-refractivity contribution is 0.102. The van der Waals surface area contributed by atoms with Crippen LogP contribution in [0.4, 0.5) is 5.69 Å². The summed E-state index contributed by atoms with van der Waals surface area (Å²) < 4.78 is 6.52. The second-order valence-electron chi connectivity index (χ2n) is 5.73. The quantitative estimate of drug-likeness (QED) is 0.516. The van der Waals surface area contributed by atoms with Gasteiger partial charge in [-0.3, -0.25) is 9.36 Å². The van der Waals surface area contributed by atoms with Crippen molar-refractivity contribution >= 4 is 57.2 Å². The number of fused-ring (bicyclic) bond motifs is 1. The van der Waals surface area contributed by atoms with Crippen LogP contribution in [-0.2, 0) is 7.05 Å². The maximum atomic E-state index is 12.5. The van der Waals surface area contributed by atoms with Crippen molar-refractivity contribution in [2.75, 3.05) is 5.32 Å².